The molecule has 2 N–H and O–H groups in total. The first-order valence-electron chi connectivity index (χ1n) is 6.42. The van der Waals surface area contributed by atoms with Crippen LogP contribution in [0.5, 0.6) is 0 Å². The number of nitrogens with zero attached hydrogens (tertiary/aromatic N) is 1. The summed E-state index contributed by atoms with van der Waals surface area (Å²) in [6.45, 7) is 1.47. The number of carbonyl (C=O) groups is 1. The van der Waals surface area contributed by atoms with Gasteiger partial charge in [0.2, 0.25) is 5.91 Å². The highest BCUT2D eigenvalue weighted by Gasteiger charge is 2.24. The number of piperidine rings is 1. The average Bonchev–Trinajstić information content (AvgIpc) is 2.34. The van der Waals surface area contributed by atoms with Gasteiger partial charge in [0.25, 0.3) is 0 Å². The number of nitrogens with two attached hydrogens (primary N) is 1. The number of primary amides is 1. The SMILES string of the molecule is NC(=O)CC1CCCCN1Cc1ccccc1F. The van der Waals surface area contributed by atoms with Gasteiger partial charge in [0.05, 0.1) is 0 Å². The van der Waals surface area contributed by atoms with E-state index in [2.05, 4.69) is 4.90 Å². The summed E-state index contributed by atoms with van der Waals surface area (Å²) in [5.41, 5.74) is 5.96. The lowest BCUT2D eigenvalue weighted by Crippen LogP contribution is -2.41. The van der Waals surface area contributed by atoms with E-state index >= 15 is 0 Å². The summed E-state index contributed by atoms with van der Waals surface area (Å²) in [6, 6.07) is 6.96. The third kappa shape index (κ3) is 3.29. The molecule has 1 amide bonds. The third-order valence-corrected chi connectivity index (χ3v) is 3.52. The molecular weight excluding hydrogens is 231 g/mol. The average molecular weight is 250 g/mol. The molecule has 18 heavy (non-hydrogen) atoms. The fourth-order valence-corrected chi connectivity index (χ4v) is 2.58. The fraction of sp³-hybridized carbons (Fsp3) is 0.500. The van der Waals surface area contributed by atoms with Crippen molar-refractivity contribution in [1.82, 2.24) is 4.90 Å². The maximum Gasteiger partial charge on any atom is 0.218 e. The summed E-state index contributed by atoms with van der Waals surface area (Å²) in [5.74, 6) is -0.457. The van der Waals surface area contributed by atoms with Gasteiger partial charge in [0, 0.05) is 24.6 Å². The van der Waals surface area contributed by atoms with Gasteiger partial charge in [0.15, 0.2) is 0 Å². The molecule has 1 unspecified atom stereocenters. The fourth-order valence-electron chi connectivity index (χ4n) is 2.58. The lowest BCUT2D eigenvalue weighted by atomic mass is 9.98. The van der Waals surface area contributed by atoms with Gasteiger partial charge in [-0.15, -0.1) is 0 Å². The largest absolute Gasteiger partial charge is 0.370 e. The quantitative estimate of drug-likeness (QED) is 0.889. The Balaban J connectivity index is 2.05. The van der Waals surface area contributed by atoms with Crippen molar-refractivity contribution in [2.45, 2.75) is 38.3 Å². The highest BCUT2D eigenvalue weighted by Crippen LogP contribution is 2.22. The van der Waals surface area contributed by atoms with Crippen molar-refractivity contribution in [3.8, 4) is 0 Å². The molecule has 1 aliphatic heterocycles. The van der Waals surface area contributed by atoms with Crippen LogP contribution in [-0.4, -0.2) is 23.4 Å². The van der Waals surface area contributed by atoms with Crippen molar-refractivity contribution in [3.05, 3.63) is 35.6 Å². The van der Waals surface area contributed by atoms with Gasteiger partial charge >= 0.3 is 0 Å². The number of rotatable bonds is 4. The van der Waals surface area contributed by atoms with Crippen LogP contribution in [-0.2, 0) is 11.3 Å². The van der Waals surface area contributed by atoms with Gasteiger partial charge in [-0.25, -0.2) is 4.39 Å². The van der Waals surface area contributed by atoms with Gasteiger partial charge in [-0.1, -0.05) is 24.6 Å². The molecule has 1 aliphatic rings. The molecule has 1 aromatic carbocycles. The van der Waals surface area contributed by atoms with Crippen LogP contribution in [0.15, 0.2) is 24.3 Å². The van der Waals surface area contributed by atoms with Crippen molar-refractivity contribution in [1.29, 1.82) is 0 Å². The molecule has 1 saturated heterocycles. The molecule has 1 heterocycles. The Kier molecular flexibility index (Phi) is 4.31. The number of carbonyl (C=O) groups excluding carboxylic acids is 1. The lowest BCUT2D eigenvalue weighted by molar-refractivity contribution is -0.119. The minimum absolute atomic E-state index is 0.163. The second-order valence-electron chi connectivity index (χ2n) is 4.88. The van der Waals surface area contributed by atoms with E-state index < -0.39 is 0 Å². The summed E-state index contributed by atoms with van der Waals surface area (Å²) < 4.78 is 13.6. The zero-order valence-electron chi connectivity index (χ0n) is 10.4. The van der Waals surface area contributed by atoms with Crippen LogP contribution >= 0.6 is 0 Å². The zero-order chi connectivity index (χ0) is 13.0. The number of amides is 1. The molecule has 98 valence electrons. The molecule has 0 radical (unpaired) electrons. The predicted molar refractivity (Wildman–Crippen MR) is 68.3 cm³/mol. The predicted octanol–water partition coefficient (Wildman–Crippen LogP) is 2.06. The molecular formula is C14H19FN2O. The second-order valence-corrected chi connectivity index (χ2v) is 4.88. The maximum absolute atomic E-state index is 13.6. The monoisotopic (exact) mass is 250 g/mol. The van der Waals surface area contributed by atoms with E-state index in [1.54, 1.807) is 12.1 Å². The number of halogens is 1. The summed E-state index contributed by atoms with van der Waals surface area (Å²) in [7, 11) is 0. The van der Waals surface area contributed by atoms with Gasteiger partial charge in [-0.2, -0.15) is 0 Å². The molecule has 3 nitrogen and oxygen atoms in total. The summed E-state index contributed by atoms with van der Waals surface area (Å²) >= 11 is 0. The standard InChI is InChI=1S/C14H19FN2O/c15-13-7-2-1-5-11(13)10-17-8-4-3-6-12(17)9-14(16)18/h1-2,5,7,12H,3-4,6,8-10H2,(H2,16,18). The maximum atomic E-state index is 13.6. The van der Waals surface area contributed by atoms with E-state index in [4.69, 9.17) is 5.73 Å². The van der Waals surface area contributed by atoms with Crippen LogP contribution in [0, 0.1) is 5.82 Å². The topological polar surface area (TPSA) is 46.3 Å². The van der Waals surface area contributed by atoms with Crippen LogP contribution in [0.3, 0.4) is 0 Å². The Hall–Kier alpha value is -1.42. The van der Waals surface area contributed by atoms with Gasteiger partial charge in [-0.3, -0.25) is 9.69 Å². The first kappa shape index (κ1) is 13.0. The minimum atomic E-state index is -0.277. The number of hydrogen-bond acceptors (Lipinski definition) is 2. The Morgan fingerprint density at radius 3 is 2.89 bits per heavy atom. The molecule has 1 aromatic rings. The van der Waals surface area contributed by atoms with Crippen LogP contribution in [0.1, 0.15) is 31.2 Å². The molecule has 0 bridgehead atoms. The molecule has 4 heteroatoms. The van der Waals surface area contributed by atoms with Crippen molar-refractivity contribution >= 4 is 5.91 Å². The Bertz CT molecular complexity index is 422. The Morgan fingerprint density at radius 1 is 1.39 bits per heavy atom. The number of hydrogen-bond donors (Lipinski definition) is 1. The van der Waals surface area contributed by atoms with Crippen LogP contribution in [0.4, 0.5) is 4.39 Å². The van der Waals surface area contributed by atoms with Gasteiger partial charge in [-0.05, 0) is 25.5 Å². The third-order valence-electron chi connectivity index (χ3n) is 3.52. The van der Waals surface area contributed by atoms with E-state index in [1.807, 2.05) is 6.07 Å². The molecule has 0 aromatic heterocycles. The van der Waals surface area contributed by atoms with Crippen molar-refractivity contribution in [3.63, 3.8) is 0 Å². The number of likely N-dealkylation sites (tertiary alicyclic amines) is 1. The highest BCUT2D eigenvalue weighted by atomic mass is 19.1. The van der Waals surface area contributed by atoms with E-state index in [0.717, 1.165) is 25.8 Å². The van der Waals surface area contributed by atoms with E-state index in [1.165, 1.54) is 6.07 Å². The number of benzene rings is 1. The summed E-state index contributed by atoms with van der Waals surface area (Å²) in [6.07, 6.45) is 3.56. The zero-order valence-corrected chi connectivity index (χ0v) is 10.4. The molecule has 2 rings (SSSR count). The van der Waals surface area contributed by atoms with Crippen LogP contribution in [0.2, 0.25) is 0 Å². The minimum Gasteiger partial charge on any atom is -0.370 e. The molecule has 0 spiro atoms. The molecule has 0 saturated carbocycles. The summed E-state index contributed by atoms with van der Waals surface area (Å²) in [5, 5.41) is 0. The Morgan fingerprint density at radius 2 is 2.17 bits per heavy atom. The van der Waals surface area contributed by atoms with Gasteiger partial charge < -0.3 is 5.73 Å². The molecule has 1 atom stereocenters. The second kappa shape index (κ2) is 5.96. The summed E-state index contributed by atoms with van der Waals surface area (Å²) in [4.78, 5) is 13.2. The first-order chi connectivity index (χ1) is 8.66. The van der Waals surface area contributed by atoms with Crippen molar-refractivity contribution in [2.24, 2.45) is 5.73 Å². The normalized spacial score (nSPS) is 20.8. The van der Waals surface area contributed by atoms with E-state index in [-0.39, 0.29) is 17.8 Å². The van der Waals surface area contributed by atoms with Crippen molar-refractivity contribution in [2.75, 3.05) is 6.54 Å². The lowest BCUT2D eigenvalue weighted by Gasteiger charge is -2.35. The van der Waals surface area contributed by atoms with Crippen LogP contribution in [0.25, 0.3) is 0 Å². The van der Waals surface area contributed by atoms with Gasteiger partial charge in [0.1, 0.15) is 5.82 Å². The van der Waals surface area contributed by atoms with E-state index in [9.17, 15) is 9.18 Å². The van der Waals surface area contributed by atoms with Crippen LogP contribution < -0.4 is 5.73 Å². The molecule has 0 aliphatic carbocycles. The first-order valence-corrected chi connectivity index (χ1v) is 6.42. The highest BCUT2D eigenvalue weighted by molar-refractivity contribution is 5.74. The smallest absolute Gasteiger partial charge is 0.218 e. The molecule has 1 fully saturated rings. The van der Waals surface area contributed by atoms with E-state index in [0.29, 0.717) is 18.5 Å². The Labute approximate surface area is 107 Å². The van der Waals surface area contributed by atoms with Crippen molar-refractivity contribution < 1.29 is 9.18 Å².